The molecule has 0 radical (unpaired) electrons. The molecule has 0 atom stereocenters. The molecular weight excluding hydrogens is 210 g/mol. The van der Waals surface area contributed by atoms with Gasteiger partial charge in [0.1, 0.15) is 11.5 Å². The van der Waals surface area contributed by atoms with E-state index in [1.165, 1.54) is 0 Å². The largest absolute Gasteiger partial charge is 0.455 e. The van der Waals surface area contributed by atoms with Gasteiger partial charge in [-0.3, -0.25) is 4.98 Å². The summed E-state index contributed by atoms with van der Waals surface area (Å²) in [5.74, 6) is 4.18. The standard InChI is InChI=1S/C15H13NO/c1-3-5-13-8-7-12(2)15(10-13)17-14-6-4-9-16-11-14/h1,4,6-11H,5H2,2H3. The molecule has 0 aliphatic carbocycles. The zero-order chi connectivity index (χ0) is 12.1. The minimum absolute atomic E-state index is 0.615. The van der Waals surface area contributed by atoms with Crippen LogP contribution in [0.1, 0.15) is 11.1 Å². The first-order valence-electron chi connectivity index (χ1n) is 5.40. The van der Waals surface area contributed by atoms with Crippen molar-refractivity contribution in [2.45, 2.75) is 13.3 Å². The Kier molecular flexibility index (Phi) is 3.42. The maximum atomic E-state index is 5.77. The Balaban J connectivity index is 2.26. The van der Waals surface area contributed by atoms with E-state index in [9.17, 15) is 0 Å². The van der Waals surface area contributed by atoms with E-state index in [0.29, 0.717) is 6.42 Å². The summed E-state index contributed by atoms with van der Waals surface area (Å²) >= 11 is 0. The molecule has 2 nitrogen and oxygen atoms in total. The first-order valence-corrected chi connectivity index (χ1v) is 5.40. The molecule has 0 amide bonds. The summed E-state index contributed by atoms with van der Waals surface area (Å²) in [7, 11) is 0. The summed E-state index contributed by atoms with van der Waals surface area (Å²) in [6.45, 7) is 2.01. The Hall–Kier alpha value is -2.27. The molecule has 0 N–H and O–H groups in total. The van der Waals surface area contributed by atoms with E-state index < -0.39 is 0 Å². The lowest BCUT2D eigenvalue weighted by atomic mass is 10.1. The molecule has 0 saturated carbocycles. The number of ether oxygens (including phenoxy) is 1. The average Bonchev–Trinajstić information content (AvgIpc) is 2.35. The van der Waals surface area contributed by atoms with Gasteiger partial charge < -0.3 is 4.74 Å². The summed E-state index contributed by atoms with van der Waals surface area (Å²) in [6.07, 6.45) is 9.32. The molecule has 0 bridgehead atoms. The third-order valence-electron chi connectivity index (χ3n) is 2.42. The summed E-state index contributed by atoms with van der Waals surface area (Å²) < 4.78 is 5.77. The summed E-state index contributed by atoms with van der Waals surface area (Å²) in [6, 6.07) is 9.72. The average molecular weight is 223 g/mol. The van der Waals surface area contributed by atoms with E-state index >= 15 is 0 Å². The second kappa shape index (κ2) is 5.18. The number of rotatable bonds is 3. The zero-order valence-electron chi connectivity index (χ0n) is 9.68. The molecule has 1 aromatic carbocycles. The number of aryl methyl sites for hydroxylation is 1. The SMILES string of the molecule is C#CCc1ccc(C)c(Oc2cccnc2)c1. The highest BCUT2D eigenvalue weighted by molar-refractivity contribution is 5.40. The number of hydrogen-bond acceptors (Lipinski definition) is 2. The van der Waals surface area contributed by atoms with Gasteiger partial charge in [-0.2, -0.15) is 0 Å². The van der Waals surface area contributed by atoms with Crippen molar-refractivity contribution in [1.82, 2.24) is 4.98 Å². The first-order chi connectivity index (χ1) is 8.29. The quantitative estimate of drug-likeness (QED) is 0.744. The Bertz CT molecular complexity index is 541. The van der Waals surface area contributed by atoms with Crippen LogP contribution in [0.15, 0.2) is 42.7 Å². The number of pyridine rings is 1. The maximum absolute atomic E-state index is 5.77. The molecule has 1 heterocycles. The van der Waals surface area contributed by atoms with Gasteiger partial charge in [0, 0.05) is 12.6 Å². The van der Waals surface area contributed by atoms with Crippen molar-refractivity contribution < 1.29 is 4.74 Å². The van der Waals surface area contributed by atoms with E-state index in [0.717, 1.165) is 22.6 Å². The summed E-state index contributed by atoms with van der Waals surface area (Å²) in [5, 5.41) is 0. The minimum atomic E-state index is 0.615. The molecule has 2 heteroatoms. The molecule has 0 saturated heterocycles. The second-order valence-corrected chi connectivity index (χ2v) is 3.77. The number of nitrogens with zero attached hydrogens (tertiary/aromatic N) is 1. The normalized spacial score (nSPS) is 9.65. The van der Waals surface area contributed by atoms with Gasteiger partial charge in [-0.05, 0) is 36.2 Å². The van der Waals surface area contributed by atoms with Crippen molar-refractivity contribution in [3.63, 3.8) is 0 Å². The number of aromatic nitrogens is 1. The topological polar surface area (TPSA) is 22.1 Å². The predicted molar refractivity (Wildman–Crippen MR) is 68.0 cm³/mol. The molecule has 0 unspecified atom stereocenters. The van der Waals surface area contributed by atoms with Crippen LogP contribution in [0.5, 0.6) is 11.5 Å². The molecule has 0 aliphatic rings. The van der Waals surface area contributed by atoms with Gasteiger partial charge in [-0.15, -0.1) is 12.3 Å². The first kappa shape index (κ1) is 11.2. The van der Waals surface area contributed by atoms with Crippen LogP contribution in [0, 0.1) is 19.3 Å². The van der Waals surface area contributed by atoms with Crippen LogP contribution in [0.4, 0.5) is 0 Å². The fraction of sp³-hybridized carbons (Fsp3) is 0.133. The van der Waals surface area contributed by atoms with Crippen molar-refractivity contribution in [2.24, 2.45) is 0 Å². The molecule has 1 aromatic heterocycles. The van der Waals surface area contributed by atoms with Crippen LogP contribution in [-0.4, -0.2) is 4.98 Å². The lowest BCUT2D eigenvalue weighted by Gasteiger charge is -2.09. The van der Waals surface area contributed by atoms with Gasteiger partial charge in [0.2, 0.25) is 0 Å². The van der Waals surface area contributed by atoms with Crippen molar-refractivity contribution in [3.05, 3.63) is 53.9 Å². The van der Waals surface area contributed by atoms with Gasteiger partial charge in [-0.25, -0.2) is 0 Å². The molecular formula is C15H13NO. The highest BCUT2D eigenvalue weighted by Gasteiger charge is 2.02. The van der Waals surface area contributed by atoms with E-state index in [-0.39, 0.29) is 0 Å². The minimum Gasteiger partial charge on any atom is -0.455 e. The van der Waals surface area contributed by atoms with E-state index in [4.69, 9.17) is 11.2 Å². The molecule has 0 fully saturated rings. The van der Waals surface area contributed by atoms with Gasteiger partial charge in [0.05, 0.1) is 6.20 Å². The third kappa shape index (κ3) is 2.85. The molecule has 0 aliphatic heterocycles. The summed E-state index contributed by atoms with van der Waals surface area (Å²) in [4.78, 5) is 4.01. The molecule has 84 valence electrons. The van der Waals surface area contributed by atoms with E-state index in [1.807, 2.05) is 37.3 Å². The lowest BCUT2D eigenvalue weighted by Crippen LogP contribution is -1.90. The smallest absolute Gasteiger partial charge is 0.145 e. The van der Waals surface area contributed by atoms with E-state index in [2.05, 4.69) is 10.9 Å². The predicted octanol–water partition coefficient (Wildman–Crippen LogP) is 3.36. The van der Waals surface area contributed by atoms with Crippen molar-refractivity contribution in [2.75, 3.05) is 0 Å². The van der Waals surface area contributed by atoms with Gasteiger partial charge in [0.15, 0.2) is 0 Å². The van der Waals surface area contributed by atoms with Crippen LogP contribution < -0.4 is 4.74 Å². The van der Waals surface area contributed by atoms with Crippen LogP contribution >= 0.6 is 0 Å². The fourth-order valence-corrected chi connectivity index (χ4v) is 1.52. The highest BCUT2D eigenvalue weighted by Crippen LogP contribution is 2.25. The summed E-state index contributed by atoms with van der Waals surface area (Å²) in [5.41, 5.74) is 2.16. The van der Waals surface area contributed by atoms with Crippen molar-refractivity contribution in [3.8, 4) is 23.8 Å². The molecule has 2 rings (SSSR count). The molecule has 2 aromatic rings. The number of benzene rings is 1. The Labute approximate surface area is 101 Å². The number of terminal acetylenes is 1. The van der Waals surface area contributed by atoms with Crippen molar-refractivity contribution in [1.29, 1.82) is 0 Å². The molecule has 17 heavy (non-hydrogen) atoms. The van der Waals surface area contributed by atoms with Gasteiger partial charge in [-0.1, -0.05) is 12.1 Å². The highest BCUT2D eigenvalue weighted by atomic mass is 16.5. The van der Waals surface area contributed by atoms with Gasteiger partial charge >= 0.3 is 0 Å². The van der Waals surface area contributed by atoms with Crippen molar-refractivity contribution >= 4 is 0 Å². The Morgan fingerprint density at radius 1 is 1.35 bits per heavy atom. The van der Waals surface area contributed by atoms with E-state index in [1.54, 1.807) is 12.4 Å². The zero-order valence-corrected chi connectivity index (χ0v) is 9.68. The second-order valence-electron chi connectivity index (χ2n) is 3.77. The van der Waals surface area contributed by atoms with Crippen LogP contribution in [0.25, 0.3) is 0 Å². The monoisotopic (exact) mass is 223 g/mol. The third-order valence-corrected chi connectivity index (χ3v) is 2.42. The van der Waals surface area contributed by atoms with Crippen LogP contribution in [-0.2, 0) is 6.42 Å². The lowest BCUT2D eigenvalue weighted by molar-refractivity contribution is 0.476. The van der Waals surface area contributed by atoms with Gasteiger partial charge in [0.25, 0.3) is 0 Å². The van der Waals surface area contributed by atoms with Crippen LogP contribution in [0.3, 0.4) is 0 Å². The fourth-order valence-electron chi connectivity index (χ4n) is 1.52. The maximum Gasteiger partial charge on any atom is 0.145 e. The molecule has 0 spiro atoms. The number of hydrogen-bond donors (Lipinski definition) is 0. The Morgan fingerprint density at radius 3 is 2.94 bits per heavy atom. The van der Waals surface area contributed by atoms with Crippen LogP contribution in [0.2, 0.25) is 0 Å². The Morgan fingerprint density at radius 2 is 2.24 bits per heavy atom.